The van der Waals surface area contributed by atoms with Gasteiger partial charge in [-0.25, -0.2) is 0 Å². The molecule has 2 aromatic rings. The van der Waals surface area contributed by atoms with Crippen molar-refractivity contribution in [2.24, 2.45) is 0 Å². The van der Waals surface area contributed by atoms with Crippen LogP contribution in [0.1, 0.15) is 10.4 Å². The van der Waals surface area contributed by atoms with Crippen LogP contribution in [0.15, 0.2) is 36.9 Å². The molecule has 0 aliphatic carbocycles. The molecule has 0 saturated carbocycles. The van der Waals surface area contributed by atoms with E-state index in [0.717, 1.165) is 17.4 Å². The fraction of sp³-hybridized carbons (Fsp3) is 0.0833. The summed E-state index contributed by atoms with van der Waals surface area (Å²) >= 11 is 0. The van der Waals surface area contributed by atoms with Crippen molar-refractivity contribution in [3.8, 4) is 16.9 Å². The highest BCUT2D eigenvalue weighted by Gasteiger charge is 2.10. The van der Waals surface area contributed by atoms with Crippen molar-refractivity contribution in [2.75, 3.05) is 7.11 Å². The second kappa shape index (κ2) is 4.53. The van der Waals surface area contributed by atoms with Gasteiger partial charge >= 0.3 is 0 Å². The van der Waals surface area contributed by atoms with Crippen molar-refractivity contribution in [1.82, 2.24) is 9.97 Å². The largest absolute Gasteiger partial charge is 0.494 e. The number of methoxy groups -OCH3 is 1. The van der Waals surface area contributed by atoms with Gasteiger partial charge in [-0.2, -0.15) is 0 Å². The number of aromatic nitrogens is 2. The molecule has 0 aliphatic heterocycles. The zero-order valence-electron chi connectivity index (χ0n) is 8.75. The lowest BCUT2D eigenvalue weighted by Crippen LogP contribution is -1.95. The molecule has 2 heterocycles. The van der Waals surface area contributed by atoms with Gasteiger partial charge in [0.05, 0.1) is 18.9 Å². The summed E-state index contributed by atoms with van der Waals surface area (Å²) in [5, 5.41) is 0. The molecular weight excluding hydrogens is 204 g/mol. The molecule has 0 aromatic carbocycles. The van der Waals surface area contributed by atoms with Crippen molar-refractivity contribution < 1.29 is 9.53 Å². The van der Waals surface area contributed by atoms with Crippen LogP contribution >= 0.6 is 0 Å². The van der Waals surface area contributed by atoms with Gasteiger partial charge in [0.15, 0.2) is 6.29 Å². The van der Waals surface area contributed by atoms with Gasteiger partial charge in [-0.05, 0) is 17.7 Å². The lowest BCUT2D eigenvalue weighted by molar-refractivity contribution is 0.112. The van der Waals surface area contributed by atoms with Gasteiger partial charge in [0.25, 0.3) is 0 Å². The van der Waals surface area contributed by atoms with Crippen LogP contribution in [0.3, 0.4) is 0 Å². The Labute approximate surface area is 92.9 Å². The zero-order chi connectivity index (χ0) is 11.4. The van der Waals surface area contributed by atoms with Gasteiger partial charge in [0.2, 0.25) is 0 Å². The summed E-state index contributed by atoms with van der Waals surface area (Å²) in [4.78, 5) is 19.0. The monoisotopic (exact) mass is 214 g/mol. The number of aldehydes is 1. The van der Waals surface area contributed by atoms with Crippen LogP contribution in [0.2, 0.25) is 0 Å². The molecule has 0 aliphatic rings. The van der Waals surface area contributed by atoms with E-state index in [1.165, 1.54) is 13.3 Å². The molecule has 0 spiro atoms. The van der Waals surface area contributed by atoms with Crippen LogP contribution < -0.4 is 4.74 Å². The number of hydrogen-bond acceptors (Lipinski definition) is 4. The molecule has 0 atom stereocenters. The quantitative estimate of drug-likeness (QED) is 0.733. The van der Waals surface area contributed by atoms with Crippen LogP contribution in [0.4, 0.5) is 0 Å². The Morgan fingerprint density at radius 2 is 1.94 bits per heavy atom. The van der Waals surface area contributed by atoms with Crippen LogP contribution in [-0.2, 0) is 0 Å². The third kappa shape index (κ3) is 1.77. The summed E-state index contributed by atoms with van der Waals surface area (Å²) in [5.74, 6) is 0.476. The summed E-state index contributed by atoms with van der Waals surface area (Å²) in [5.41, 5.74) is 2.14. The van der Waals surface area contributed by atoms with Crippen molar-refractivity contribution in [1.29, 1.82) is 0 Å². The second-order valence-corrected chi connectivity index (χ2v) is 3.16. The average Bonchev–Trinajstić information content (AvgIpc) is 2.38. The number of carbonyl (C=O) groups excluding carboxylic acids is 1. The molecule has 0 N–H and O–H groups in total. The van der Waals surface area contributed by atoms with E-state index in [-0.39, 0.29) is 0 Å². The van der Waals surface area contributed by atoms with Crippen LogP contribution in [-0.4, -0.2) is 23.4 Å². The first-order valence-corrected chi connectivity index (χ1v) is 4.74. The van der Waals surface area contributed by atoms with E-state index in [9.17, 15) is 4.79 Å². The summed E-state index contributed by atoms with van der Waals surface area (Å²) in [6.07, 6.45) is 7.28. The van der Waals surface area contributed by atoms with Gasteiger partial charge in [-0.3, -0.25) is 14.8 Å². The second-order valence-electron chi connectivity index (χ2n) is 3.16. The number of nitrogens with zero attached hydrogens (tertiary/aromatic N) is 2. The molecule has 0 fully saturated rings. The van der Waals surface area contributed by atoms with E-state index in [1.54, 1.807) is 18.6 Å². The third-order valence-electron chi connectivity index (χ3n) is 2.28. The molecule has 80 valence electrons. The van der Waals surface area contributed by atoms with E-state index in [2.05, 4.69) is 9.97 Å². The van der Waals surface area contributed by atoms with Gasteiger partial charge in [0, 0.05) is 24.2 Å². The van der Waals surface area contributed by atoms with Gasteiger partial charge in [0.1, 0.15) is 5.75 Å². The molecule has 16 heavy (non-hydrogen) atoms. The minimum atomic E-state index is 0.476. The topological polar surface area (TPSA) is 52.1 Å². The third-order valence-corrected chi connectivity index (χ3v) is 2.28. The molecule has 2 rings (SSSR count). The van der Waals surface area contributed by atoms with Crippen molar-refractivity contribution in [2.45, 2.75) is 0 Å². The smallest absolute Gasteiger partial charge is 0.154 e. The number of rotatable bonds is 3. The van der Waals surface area contributed by atoms with E-state index < -0.39 is 0 Å². The summed E-state index contributed by atoms with van der Waals surface area (Å²) in [6, 6.07) is 3.65. The molecule has 0 bridgehead atoms. The predicted octanol–water partition coefficient (Wildman–Crippen LogP) is 1.96. The molecule has 4 nitrogen and oxygen atoms in total. The molecule has 0 amide bonds. The zero-order valence-corrected chi connectivity index (χ0v) is 8.75. The van der Waals surface area contributed by atoms with E-state index >= 15 is 0 Å². The van der Waals surface area contributed by atoms with E-state index in [1.807, 2.05) is 12.1 Å². The molecule has 4 heteroatoms. The fourth-order valence-corrected chi connectivity index (χ4v) is 1.50. The standard InChI is InChI=1S/C12H10N2O2/c1-16-12-7-14-6-10(11(12)8-15)9-2-4-13-5-3-9/h2-8H,1H3. The SMILES string of the molecule is COc1cncc(-c2ccncc2)c1C=O. The predicted molar refractivity (Wildman–Crippen MR) is 59.4 cm³/mol. The highest BCUT2D eigenvalue weighted by molar-refractivity contribution is 5.90. The maximum atomic E-state index is 11.1. The van der Waals surface area contributed by atoms with Crippen molar-refractivity contribution >= 4 is 6.29 Å². The summed E-state index contributed by atoms with van der Waals surface area (Å²) in [6.45, 7) is 0. The summed E-state index contributed by atoms with van der Waals surface area (Å²) in [7, 11) is 1.51. The lowest BCUT2D eigenvalue weighted by atomic mass is 10.0. The number of hydrogen-bond donors (Lipinski definition) is 0. The van der Waals surface area contributed by atoms with E-state index in [0.29, 0.717) is 11.3 Å². The molecule has 2 aromatic heterocycles. The molecule has 0 saturated heterocycles. The number of ether oxygens (including phenoxy) is 1. The van der Waals surface area contributed by atoms with Crippen molar-refractivity contribution in [3.05, 3.63) is 42.5 Å². The minimum absolute atomic E-state index is 0.476. The number of pyridine rings is 2. The summed E-state index contributed by atoms with van der Waals surface area (Å²) < 4.78 is 5.09. The van der Waals surface area contributed by atoms with Gasteiger partial charge in [-0.15, -0.1) is 0 Å². The minimum Gasteiger partial charge on any atom is -0.494 e. The van der Waals surface area contributed by atoms with Crippen LogP contribution in [0.25, 0.3) is 11.1 Å². The maximum Gasteiger partial charge on any atom is 0.154 e. The maximum absolute atomic E-state index is 11.1. The Bertz CT molecular complexity index is 498. The Kier molecular flexibility index (Phi) is 2.91. The Balaban J connectivity index is 2.61. The van der Waals surface area contributed by atoms with Gasteiger partial charge < -0.3 is 4.74 Å². The Morgan fingerprint density at radius 3 is 2.56 bits per heavy atom. The van der Waals surface area contributed by atoms with Gasteiger partial charge in [-0.1, -0.05) is 0 Å². The fourth-order valence-electron chi connectivity index (χ4n) is 1.50. The molecule has 0 radical (unpaired) electrons. The molecule has 0 unspecified atom stereocenters. The first-order chi connectivity index (χ1) is 7.86. The average molecular weight is 214 g/mol. The van der Waals surface area contributed by atoms with E-state index in [4.69, 9.17) is 4.74 Å². The van der Waals surface area contributed by atoms with Crippen LogP contribution in [0, 0.1) is 0 Å². The Morgan fingerprint density at radius 1 is 1.19 bits per heavy atom. The lowest BCUT2D eigenvalue weighted by Gasteiger charge is -2.08. The van der Waals surface area contributed by atoms with Crippen LogP contribution in [0.5, 0.6) is 5.75 Å². The highest BCUT2D eigenvalue weighted by atomic mass is 16.5. The first-order valence-electron chi connectivity index (χ1n) is 4.74. The molecular formula is C12H10N2O2. The highest BCUT2D eigenvalue weighted by Crippen LogP contribution is 2.27. The Hall–Kier alpha value is -2.23. The first kappa shape index (κ1) is 10.3. The normalized spacial score (nSPS) is 9.81. The number of carbonyl (C=O) groups is 1. The van der Waals surface area contributed by atoms with Crippen molar-refractivity contribution in [3.63, 3.8) is 0 Å².